The number of nitrogens with zero attached hydrogens (tertiary/aromatic N) is 3. The van der Waals surface area contributed by atoms with Crippen molar-refractivity contribution in [3.63, 3.8) is 0 Å². The molecule has 5 rings (SSSR count). The molecule has 0 amide bonds. The summed E-state index contributed by atoms with van der Waals surface area (Å²) < 4.78 is 55.8. The standard InChI is InChI=1S/C31H38F2N4O2S/c1-19-18-34-30(35-23-16-25(32)29(26(33)17-23)22-10-12-37(5)13-11-22)36-27(19)15-20-6-7-21-8-9-28(24(21)14-20)40(38,39)31(2,3)4/h6-7,14,16-18,22,28H,8-13,15H2,1-5H3,(H,34,35,36). The second kappa shape index (κ2) is 10.8. The molecule has 0 bridgehead atoms. The molecule has 1 unspecified atom stereocenters. The Bertz CT molecular complexity index is 1500. The van der Waals surface area contributed by atoms with Gasteiger partial charge in [-0.25, -0.2) is 27.2 Å². The van der Waals surface area contributed by atoms with Gasteiger partial charge in [-0.3, -0.25) is 0 Å². The minimum Gasteiger partial charge on any atom is -0.324 e. The van der Waals surface area contributed by atoms with Gasteiger partial charge in [-0.15, -0.1) is 0 Å². The number of rotatable bonds is 6. The van der Waals surface area contributed by atoms with Crippen LogP contribution >= 0.6 is 0 Å². The van der Waals surface area contributed by atoms with Gasteiger partial charge >= 0.3 is 0 Å². The van der Waals surface area contributed by atoms with Gasteiger partial charge in [-0.05, 0) is 114 Å². The molecular formula is C31H38F2N4O2S. The minimum atomic E-state index is -3.35. The predicted molar refractivity (Wildman–Crippen MR) is 155 cm³/mol. The Morgan fingerprint density at radius 1 is 1.05 bits per heavy atom. The number of fused-ring (bicyclic) bond motifs is 1. The highest BCUT2D eigenvalue weighted by Crippen LogP contribution is 2.42. The first-order chi connectivity index (χ1) is 18.8. The summed E-state index contributed by atoms with van der Waals surface area (Å²) in [5.74, 6) is -0.983. The Labute approximate surface area is 236 Å². The molecule has 2 heterocycles. The molecule has 1 N–H and O–H groups in total. The zero-order valence-electron chi connectivity index (χ0n) is 23.9. The van der Waals surface area contributed by atoms with Crippen LogP contribution in [0.2, 0.25) is 0 Å². The van der Waals surface area contributed by atoms with E-state index < -0.39 is 31.5 Å². The Morgan fingerprint density at radius 3 is 2.38 bits per heavy atom. The van der Waals surface area contributed by atoms with Crippen LogP contribution in [-0.2, 0) is 22.7 Å². The molecule has 1 aliphatic carbocycles. The van der Waals surface area contributed by atoms with Crippen LogP contribution in [0.25, 0.3) is 0 Å². The molecule has 0 saturated carbocycles. The molecule has 1 aromatic heterocycles. The van der Waals surface area contributed by atoms with Crippen molar-refractivity contribution in [2.24, 2.45) is 0 Å². The fraction of sp³-hybridized carbons (Fsp3) is 0.484. The van der Waals surface area contributed by atoms with E-state index in [1.807, 2.05) is 32.2 Å². The van der Waals surface area contributed by atoms with Crippen molar-refractivity contribution in [2.75, 3.05) is 25.5 Å². The molecule has 0 spiro atoms. The monoisotopic (exact) mass is 568 g/mol. The molecule has 1 aliphatic heterocycles. The van der Waals surface area contributed by atoms with Gasteiger partial charge in [0.05, 0.1) is 15.7 Å². The molecule has 1 fully saturated rings. The van der Waals surface area contributed by atoms with Gasteiger partial charge in [0, 0.05) is 23.9 Å². The number of likely N-dealkylation sites (tertiary alicyclic amines) is 1. The molecule has 9 heteroatoms. The molecule has 1 saturated heterocycles. The maximum absolute atomic E-state index is 15.0. The van der Waals surface area contributed by atoms with Gasteiger partial charge in [0.1, 0.15) is 11.6 Å². The fourth-order valence-corrected chi connectivity index (χ4v) is 7.69. The number of hydrogen-bond donors (Lipinski definition) is 1. The molecule has 2 aliphatic rings. The van der Waals surface area contributed by atoms with Gasteiger partial charge in [0.15, 0.2) is 9.84 Å². The molecule has 2 aromatic carbocycles. The number of sulfone groups is 1. The maximum Gasteiger partial charge on any atom is 0.227 e. The number of anilines is 2. The normalized spacial score (nSPS) is 18.6. The largest absolute Gasteiger partial charge is 0.324 e. The van der Waals surface area contributed by atoms with Crippen LogP contribution in [0.4, 0.5) is 20.4 Å². The summed E-state index contributed by atoms with van der Waals surface area (Å²) in [4.78, 5) is 11.2. The summed E-state index contributed by atoms with van der Waals surface area (Å²) in [5, 5.41) is 2.47. The zero-order valence-corrected chi connectivity index (χ0v) is 24.7. The van der Waals surface area contributed by atoms with Crippen LogP contribution in [0.3, 0.4) is 0 Å². The summed E-state index contributed by atoms with van der Waals surface area (Å²) in [6.07, 6.45) is 4.98. The quantitative estimate of drug-likeness (QED) is 0.371. The third-order valence-corrected chi connectivity index (χ3v) is 11.3. The van der Waals surface area contributed by atoms with Crippen molar-refractivity contribution in [3.8, 4) is 0 Å². The number of piperidine rings is 1. The highest BCUT2D eigenvalue weighted by atomic mass is 32.2. The van der Waals surface area contributed by atoms with E-state index in [9.17, 15) is 8.42 Å². The van der Waals surface area contributed by atoms with Crippen LogP contribution in [-0.4, -0.2) is 48.2 Å². The molecule has 0 radical (unpaired) electrons. The fourth-order valence-electron chi connectivity index (χ4n) is 5.86. The van der Waals surface area contributed by atoms with Crippen molar-refractivity contribution >= 4 is 21.5 Å². The van der Waals surface area contributed by atoms with Crippen LogP contribution in [0.1, 0.15) is 84.7 Å². The molecule has 6 nitrogen and oxygen atoms in total. The number of aromatic nitrogens is 2. The van der Waals surface area contributed by atoms with E-state index >= 15 is 8.78 Å². The summed E-state index contributed by atoms with van der Waals surface area (Å²) >= 11 is 0. The molecule has 214 valence electrons. The van der Waals surface area contributed by atoms with E-state index in [4.69, 9.17) is 0 Å². The van der Waals surface area contributed by atoms with Crippen molar-refractivity contribution in [3.05, 3.63) is 81.7 Å². The first-order valence-electron chi connectivity index (χ1n) is 14.0. The van der Waals surface area contributed by atoms with Crippen LogP contribution in [0, 0.1) is 18.6 Å². The topological polar surface area (TPSA) is 75.2 Å². The lowest BCUT2D eigenvalue weighted by atomic mass is 9.88. The Hall–Kier alpha value is -2.91. The van der Waals surface area contributed by atoms with Crippen molar-refractivity contribution in [1.82, 2.24) is 14.9 Å². The van der Waals surface area contributed by atoms with Gasteiger partial charge < -0.3 is 10.2 Å². The van der Waals surface area contributed by atoms with Crippen LogP contribution in [0.15, 0.2) is 36.5 Å². The number of halogens is 2. The lowest BCUT2D eigenvalue weighted by molar-refractivity contribution is 0.250. The minimum absolute atomic E-state index is 0.127. The third kappa shape index (κ3) is 5.63. The second-order valence-corrected chi connectivity index (χ2v) is 15.2. The lowest BCUT2D eigenvalue weighted by Crippen LogP contribution is -2.32. The number of benzene rings is 2. The van der Waals surface area contributed by atoms with Crippen molar-refractivity contribution in [1.29, 1.82) is 0 Å². The summed E-state index contributed by atoms with van der Waals surface area (Å²) in [7, 11) is -1.33. The zero-order chi connectivity index (χ0) is 28.8. The molecule has 1 atom stereocenters. The van der Waals surface area contributed by atoms with E-state index in [1.165, 1.54) is 12.1 Å². The maximum atomic E-state index is 15.0. The van der Waals surface area contributed by atoms with E-state index in [-0.39, 0.29) is 23.1 Å². The number of hydrogen-bond acceptors (Lipinski definition) is 6. The van der Waals surface area contributed by atoms with E-state index in [1.54, 1.807) is 27.0 Å². The first kappa shape index (κ1) is 28.6. The summed E-state index contributed by atoms with van der Waals surface area (Å²) in [5.41, 5.74) is 4.97. The number of aryl methyl sites for hydroxylation is 2. The Kier molecular flexibility index (Phi) is 7.74. The van der Waals surface area contributed by atoms with Crippen molar-refractivity contribution in [2.45, 2.75) is 75.7 Å². The van der Waals surface area contributed by atoms with Crippen LogP contribution < -0.4 is 5.32 Å². The highest BCUT2D eigenvalue weighted by molar-refractivity contribution is 7.93. The van der Waals surface area contributed by atoms with Crippen LogP contribution in [0.5, 0.6) is 0 Å². The SMILES string of the molecule is Cc1cnc(Nc2cc(F)c(C3CCN(C)CC3)c(F)c2)nc1Cc1ccc2c(c1)C(S(=O)(=O)C(C)(C)C)CC2. The predicted octanol–water partition coefficient (Wildman–Crippen LogP) is 6.41. The molecule has 40 heavy (non-hydrogen) atoms. The van der Waals surface area contributed by atoms with Gasteiger partial charge in [-0.2, -0.15) is 0 Å². The summed E-state index contributed by atoms with van der Waals surface area (Å²) in [6.45, 7) is 8.81. The Balaban J connectivity index is 1.36. The van der Waals surface area contributed by atoms with Gasteiger partial charge in [0.25, 0.3) is 0 Å². The highest BCUT2D eigenvalue weighted by Gasteiger charge is 2.41. The van der Waals surface area contributed by atoms with Gasteiger partial charge in [-0.1, -0.05) is 18.2 Å². The average molecular weight is 569 g/mol. The molecule has 3 aromatic rings. The first-order valence-corrected chi connectivity index (χ1v) is 15.5. The number of nitrogens with one attached hydrogen (secondary N) is 1. The van der Waals surface area contributed by atoms with E-state index in [0.717, 1.165) is 60.3 Å². The van der Waals surface area contributed by atoms with E-state index in [0.29, 0.717) is 12.8 Å². The summed E-state index contributed by atoms with van der Waals surface area (Å²) in [6, 6.07) is 8.67. The Morgan fingerprint density at radius 2 is 1.73 bits per heavy atom. The van der Waals surface area contributed by atoms with Crippen molar-refractivity contribution < 1.29 is 17.2 Å². The average Bonchev–Trinajstić information content (AvgIpc) is 3.30. The smallest absolute Gasteiger partial charge is 0.227 e. The van der Waals surface area contributed by atoms with E-state index in [2.05, 4.69) is 20.2 Å². The third-order valence-electron chi connectivity index (χ3n) is 8.37. The second-order valence-electron chi connectivity index (χ2n) is 12.3. The van der Waals surface area contributed by atoms with Gasteiger partial charge in [0.2, 0.25) is 5.95 Å². The lowest BCUT2D eigenvalue weighted by Gasteiger charge is -2.29. The molecular weight excluding hydrogens is 530 g/mol.